The lowest BCUT2D eigenvalue weighted by molar-refractivity contribution is -0.302. The molecule has 0 unspecified atom stereocenters. The molecule has 2 fully saturated rings. The number of aliphatic hydroxyl groups excluding tert-OH is 5. The maximum Gasteiger partial charge on any atom is 0.303 e. The van der Waals surface area contributed by atoms with Crippen molar-refractivity contribution < 1.29 is 49.3 Å². The van der Waals surface area contributed by atoms with Gasteiger partial charge in [-0.1, -0.05) is 0 Å². The van der Waals surface area contributed by atoms with Crippen molar-refractivity contribution in [1.29, 1.82) is 0 Å². The van der Waals surface area contributed by atoms with Gasteiger partial charge in [-0.05, 0) is 6.92 Å². The SMILES string of the molecule is CC(=O)O[C@H]1[CH]O[C@H](CO[C@@H]2O[C@H](C)[C@@H](O)[C@H](O)[C@@H]2O)[C@@H](O)[C@@H]1O. The molecule has 10 nitrogen and oxygen atoms in total. The summed E-state index contributed by atoms with van der Waals surface area (Å²) in [7, 11) is 0. The maximum atomic E-state index is 10.9. The number of carbonyl (C=O) groups is 1. The topological polar surface area (TPSA) is 155 Å². The second-order valence-electron chi connectivity index (χ2n) is 5.88. The number of carbonyl (C=O) groups excluding carboxylic acids is 1. The first-order valence-electron chi connectivity index (χ1n) is 7.55. The van der Waals surface area contributed by atoms with Gasteiger partial charge in [-0.15, -0.1) is 0 Å². The van der Waals surface area contributed by atoms with Crippen molar-refractivity contribution in [3.63, 3.8) is 0 Å². The van der Waals surface area contributed by atoms with Crippen LogP contribution in [0.4, 0.5) is 0 Å². The summed E-state index contributed by atoms with van der Waals surface area (Å²) in [5.74, 6) is -0.638. The van der Waals surface area contributed by atoms with Crippen LogP contribution >= 0.6 is 0 Å². The van der Waals surface area contributed by atoms with E-state index in [1.54, 1.807) is 0 Å². The van der Waals surface area contributed by atoms with Gasteiger partial charge in [0.25, 0.3) is 0 Å². The van der Waals surface area contributed by atoms with Crippen molar-refractivity contribution in [2.75, 3.05) is 6.61 Å². The van der Waals surface area contributed by atoms with Gasteiger partial charge >= 0.3 is 5.97 Å². The minimum atomic E-state index is -1.49. The fourth-order valence-corrected chi connectivity index (χ4v) is 2.52. The molecule has 0 amide bonds. The van der Waals surface area contributed by atoms with E-state index in [9.17, 15) is 30.3 Å². The Hall–Kier alpha value is -0.850. The summed E-state index contributed by atoms with van der Waals surface area (Å²) in [6.45, 7) is 3.46. The average molecular weight is 351 g/mol. The van der Waals surface area contributed by atoms with Crippen LogP contribution in [0.2, 0.25) is 0 Å². The Morgan fingerprint density at radius 3 is 2.33 bits per heavy atom. The number of hydrogen-bond acceptors (Lipinski definition) is 10. The molecule has 0 saturated carbocycles. The summed E-state index contributed by atoms with van der Waals surface area (Å²) in [6.07, 6.45) is -11.1. The molecule has 1 radical (unpaired) electrons. The molecule has 5 N–H and O–H groups in total. The third-order valence-electron chi connectivity index (χ3n) is 3.99. The molecule has 0 bridgehead atoms. The van der Waals surface area contributed by atoms with E-state index < -0.39 is 61.1 Å². The molecule has 9 atom stereocenters. The lowest BCUT2D eigenvalue weighted by Crippen LogP contribution is -2.58. The predicted octanol–water partition coefficient (Wildman–Crippen LogP) is -2.96. The molecule has 0 aromatic carbocycles. The van der Waals surface area contributed by atoms with Crippen LogP contribution in [-0.4, -0.2) is 93.2 Å². The number of rotatable bonds is 4. The molecular formula is C14H23O10. The van der Waals surface area contributed by atoms with E-state index in [2.05, 4.69) is 0 Å². The summed E-state index contributed by atoms with van der Waals surface area (Å²) in [4.78, 5) is 10.9. The summed E-state index contributed by atoms with van der Waals surface area (Å²) in [5, 5.41) is 49.1. The molecule has 139 valence electrons. The first kappa shape index (κ1) is 19.5. The van der Waals surface area contributed by atoms with Crippen molar-refractivity contribution in [1.82, 2.24) is 0 Å². The Kier molecular flexibility index (Phi) is 6.51. The van der Waals surface area contributed by atoms with Crippen LogP contribution in [0.1, 0.15) is 13.8 Å². The van der Waals surface area contributed by atoms with Crippen LogP contribution in [0.5, 0.6) is 0 Å². The highest BCUT2D eigenvalue weighted by Gasteiger charge is 2.44. The molecule has 2 heterocycles. The predicted molar refractivity (Wildman–Crippen MR) is 75.0 cm³/mol. The van der Waals surface area contributed by atoms with Gasteiger partial charge in [-0.3, -0.25) is 4.79 Å². The van der Waals surface area contributed by atoms with Gasteiger partial charge in [-0.2, -0.15) is 0 Å². The van der Waals surface area contributed by atoms with Gasteiger partial charge in [0.1, 0.15) is 43.2 Å². The van der Waals surface area contributed by atoms with Crippen LogP contribution in [0.25, 0.3) is 0 Å². The highest BCUT2D eigenvalue weighted by Crippen LogP contribution is 2.25. The molecule has 2 aliphatic rings. The minimum Gasteiger partial charge on any atom is -0.457 e. The van der Waals surface area contributed by atoms with Crippen LogP contribution in [0, 0.1) is 6.61 Å². The smallest absolute Gasteiger partial charge is 0.303 e. The number of ether oxygens (including phenoxy) is 4. The average Bonchev–Trinajstić information content (AvgIpc) is 2.53. The Morgan fingerprint density at radius 2 is 1.71 bits per heavy atom. The largest absolute Gasteiger partial charge is 0.457 e. The maximum absolute atomic E-state index is 10.9. The van der Waals surface area contributed by atoms with Crippen molar-refractivity contribution >= 4 is 5.97 Å². The van der Waals surface area contributed by atoms with E-state index in [-0.39, 0.29) is 6.61 Å². The number of aliphatic hydroxyl groups is 5. The summed E-state index contributed by atoms with van der Waals surface area (Å²) in [5.41, 5.74) is 0. The number of esters is 1. The minimum absolute atomic E-state index is 0.279. The van der Waals surface area contributed by atoms with Crippen LogP contribution in [-0.2, 0) is 23.7 Å². The standard InChI is InChI=1S/C14H23O10/c1-5-9(16)12(19)13(20)14(23-5)22-3-7-10(17)11(18)8(4-21-7)24-6(2)15/h4-5,7-14,16-20H,3H2,1-2H3/t5-,7-,8+,9-,10-,11-,12+,13+,14-/m1/s1. The Balaban J connectivity index is 1.87. The fourth-order valence-electron chi connectivity index (χ4n) is 2.52. The zero-order valence-corrected chi connectivity index (χ0v) is 13.3. The summed E-state index contributed by atoms with van der Waals surface area (Å²) in [6, 6.07) is 0. The lowest BCUT2D eigenvalue weighted by Gasteiger charge is -2.40. The van der Waals surface area contributed by atoms with Gasteiger partial charge < -0.3 is 44.5 Å². The molecule has 2 rings (SSSR count). The summed E-state index contributed by atoms with van der Waals surface area (Å²) < 4.78 is 20.5. The highest BCUT2D eigenvalue weighted by atomic mass is 16.7. The van der Waals surface area contributed by atoms with Crippen LogP contribution in [0.3, 0.4) is 0 Å². The quantitative estimate of drug-likeness (QED) is 0.332. The second kappa shape index (κ2) is 8.02. The van der Waals surface area contributed by atoms with E-state index in [4.69, 9.17) is 18.9 Å². The van der Waals surface area contributed by atoms with Crippen LogP contribution < -0.4 is 0 Å². The second-order valence-corrected chi connectivity index (χ2v) is 5.88. The highest BCUT2D eigenvalue weighted by molar-refractivity contribution is 5.66. The van der Waals surface area contributed by atoms with Crippen molar-refractivity contribution in [3.8, 4) is 0 Å². The van der Waals surface area contributed by atoms with Gasteiger partial charge in [0, 0.05) is 6.92 Å². The van der Waals surface area contributed by atoms with Crippen molar-refractivity contribution in [3.05, 3.63) is 6.61 Å². The lowest BCUT2D eigenvalue weighted by atomic mass is 9.99. The van der Waals surface area contributed by atoms with Crippen molar-refractivity contribution in [2.24, 2.45) is 0 Å². The molecule has 0 aliphatic carbocycles. The van der Waals surface area contributed by atoms with Crippen LogP contribution in [0.15, 0.2) is 0 Å². The first-order valence-corrected chi connectivity index (χ1v) is 7.55. The van der Waals surface area contributed by atoms with Gasteiger partial charge in [0.05, 0.1) is 12.7 Å². The molecule has 2 saturated heterocycles. The molecule has 2 aliphatic heterocycles. The van der Waals surface area contributed by atoms with E-state index in [0.717, 1.165) is 13.5 Å². The Morgan fingerprint density at radius 1 is 1.04 bits per heavy atom. The molecule has 10 heteroatoms. The molecule has 24 heavy (non-hydrogen) atoms. The van der Waals surface area contributed by atoms with E-state index in [0.29, 0.717) is 0 Å². The van der Waals surface area contributed by atoms with E-state index >= 15 is 0 Å². The Bertz CT molecular complexity index is 432. The van der Waals surface area contributed by atoms with Gasteiger partial charge in [0.2, 0.25) is 0 Å². The summed E-state index contributed by atoms with van der Waals surface area (Å²) >= 11 is 0. The first-order chi connectivity index (χ1) is 11.2. The normalized spacial score (nSPS) is 46.5. The molecular weight excluding hydrogens is 328 g/mol. The molecule has 0 aromatic heterocycles. The molecule has 0 aromatic rings. The van der Waals surface area contributed by atoms with E-state index in [1.165, 1.54) is 6.92 Å². The van der Waals surface area contributed by atoms with E-state index in [1.807, 2.05) is 0 Å². The van der Waals surface area contributed by atoms with Gasteiger partial charge in [-0.25, -0.2) is 0 Å². The monoisotopic (exact) mass is 351 g/mol. The van der Waals surface area contributed by atoms with Gasteiger partial charge in [0.15, 0.2) is 12.4 Å². The zero-order chi connectivity index (χ0) is 18.0. The van der Waals surface area contributed by atoms with Crippen molar-refractivity contribution in [2.45, 2.75) is 69.0 Å². The fraction of sp³-hybridized carbons (Fsp3) is 0.857. The number of hydrogen-bond donors (Lipinski definition) is 5. The zero-order valence-electron chi connectivity index (χ0n) is 13.3. The molecule has 0 spiro atoms. The third kappa shape index (κ3) is 4.21. The third-order valence-corrected chi connectivity index (χ3v) is 3.99. The Labute approximate surface area is 138 Å².